The molecule has 0 aliphatic carbocycles. The summed E-state index contributed by atoms with van der Waals surface area (Å²) >= 11 is 0. The second-order valence-corrected chi connectivity index (χ2v) is 8.10. The Morgan fingerprint density at radius 2 is 1.69 bits per heavy atom. The largest absolute Gasteiger partial charge is 0.368 e. The van der Waals surface area contributed by atoms with Gasteiger partial charge < -0.3 is 5.32 Å². The first-order valence-corrected chi connectivity index (χ1v) is 10.2. The molecule has 6 nitrogen and oxygen atoms in total. The Balaban J connectivity index is 1.87. The number of hydrogen-bond donors (Lipinski definition) is 2. The third-order valence-electron chi connectivity index (χ3n) is 4.03. The highest BCUT2D eigenvalue weighted by Gasteiger charge is 2.10. The second-order valence-electron chi connectivity index (χ2n) is 6.00. The lowest BCUT2D eigenvalue weighted by Gasteiger charge is -2.11. The maximum absolute atomic E-state index is 11.5. The number of para-hydroxylation sites is 1. The number of fused-ring (bicyclic) bond motifs is 1. The van der Waals surface area contributed by atoms with Gasteiger partial charge in [-0.25, -0.2) is 23.1 Å². The standard InChI is InChI=1S/C19H22N4O2S/c1-3-26(24,25)21-13-12-20-19-16-6-4-5-7-17(16)22-18(23-19)15-10-8-14(2)9-11-15/h4-11,21H,3,12-13H2,1-2H3,(H,20,22,23). The van der Waals surface area contributed by atoms with E-state index in [0.29, 0.717) is 24.7 Å². The monoisotopic (exact) mass is 370 g/mol. The normalized spacial score (nSPS) is 11.6. The summed E-state index contributed by atoms with van der Waals surface area (Å²) in [7, 11) is -3.19. The third-order valence-corrected chi connectivity index (χ3v) is 5.44. The van der Waals surface area contributed by atoms with E-state index in [-0.39, 0.29) is 5.75 Å². The minimum atomic E-state index is -3.19. The van der Waals surface area contributed by atoms with Crippen molar-refractivity contribution >= 4 is 26.7 Å². The Morgan fingerprint density at radius 1 is 0.962 bits per heavy atom. The van der Waals surface area contributed by atoms with E-state index >= 15 is 0 Å². The summed E-state index contributed by atoms with van der Waals surface area (Å²) in [4.78, 5) is 9.31. The van der Waals surface area contributed by atoms with Gasteiger partial charge in [0.05, 0.1) is 11.3 Å². The summed E-state index contributed by atoms with van der Waals surface area (Å²) in [6.45, 7) is 4.39. The average Bonchev–Trinajstić information content (AvgIpc) is 2.65. The lowest BCUT2D eigenvalue weighted by atomic mass is 10.1. The smallest absolute Gasteiger partial charge is 0.211 e. The molecule has 136 valence electrons. The first-order valence-electron chi connectivity index (χ1n) is 8.53. The van der Waals surface area contributed by atoms with Crippen LogP contribution in [-0.4, -0.2) is 37.2 Å². The molecule has 2 aromatic carbocycles. The third kappa shape index (κ3) is 4.36. The molecule has 26 heavy (non-hydrogen) atoms. The topological polar surface area (TPSA) is 84.0 Å². The van der Waals surface area contributed by atoms with Crippen LogP contribution < -0.4 is 10.0 Å². The van der Waals surface area contributed by atoms with Crippen LogP contribution >= 0.6 is 0 Å². The minimum absolute atomic E-state index is 0.0704. The van der Waals surface area contributed by atoms with Crippen molar-refractivity contribution in [2.45, 2.75) is 13.8 Å². The van der Waals surface area contributed by atoms with Crippen molar-refractivity contribution in [3.63, 3.8) is 0 Å². The van der Waals surface area contributed by atoms with E-state index in [0.717, 1.165) is 16.5 Å². The molecule has 0 radical (unpaired) electrons. The van der Waals surface area contributed by atoms with Crippen molar-refractivity contribution in [3.8, 4) is 11.4 Å². The molecule has 7 heteroatoms. The molecule has 0 amide bonds. The summed E-state index contributed by atoms with van der Waals surface area (Å²) in [5.41, 5.74) is 2.96. The summed E-state index contributed by atoms with van der Waals surface area (Å²) in [6, 6.07) is 15.8. The van der Waals surface area contributed by atoms with Gasteiger partial charge in [-0.2, -0.15) is 0 Å². The molecule has 0 aliphatic heterocycles. The average molecular weight is 370 g/mol. The number of rotatable bonds is 7. The molecule has 0 bridgehead atoms. The van der Waals surface area contributed by atoms with Crippen LogP contribution in [-0.2, 0) is 10.0 Å². The Kier molecular flexibility index (Phi) is 5.49. The molecule has 1 heterocycles. The maximum Gasteiger partial charge on any atom is 0.211 e. The predicted molar refractivity (Wildman–Crippen MR) is 106 cm³/mol. The van der Waals surface area contributed by atoms with E-state index in [4.69, 9.17) is 0 Å². The molecule has 0 spiro atoms. The van der Waals surface area contributed by atoms with Gasteiger partial charge in [0, 0.05) is 24.0 Å². The molecule has 1 aromatic heterocycles. The Bertz CT molecular complexity index is 1000. The van der Waals surface area contributed by atoms with E-state index in [2.05, 4.69) is 20.0 Å². The van der Waals surface area contributed by atoms with Gasteiger partial charge in [-0.05, 0) is 26.0 Å². The predicted octanol–water partition coefficient (Wildman–Crippen LogP) is 2.96. The quantitative estimate of drug-likeness (QED) is 0.625. The zero-order valence-corrected chi connectivity index (χ0v) is 15.7. The summed E-state index contributed by atoms with van der Waals surface area (Å²) in [6.07, 6.45) is 0. The van der Waals surface area contributed by atoms with Crippen molar-refractivity contribution in [2.75, 3.05) is 24.2 Å². The molecular formula is C19H22N4O2S. The van der Waals surface area contributed by atoms with Crippen molar-refractivity contribution in [1.82, 2.24) is 14.7 Å². The highest BCUT2D eigenvalue weighted by Crippen LogP contribution is 2.24. The van der Waals surface area contributed by atoms with E-state index in [1.165, 1.54) is 5.56 Å². The number of nitrogens with one attached hydrogen (secondary N) is 2. The van der Waals surface area contributed by atoms with E-state index < -0.39 is 10.0 Å². The Hall–Kier alpha value is -2.51. The van der Waals surface area contributed by atoms with Gasteiger partial charge in [0.15, 0.2) is 5.82 Å². The highest BCUT2D eigenvalue weighted by atomic mass is 32.2. The number of benzene rings is 2. The lowest BCUT2D eigenvalue weighted by Crippen LogP contribution is -2.30. The van der Waals surface area contributed by atoms with Crippen molar-refractivity contribution in [3.05, 3.63) is 54.1 Å². The Labute approximate surface area is 153 Å². The molecule has 2 N–H and O–H groups in total. The van der Waals surface area contributed by atoms with Gasteiger partial charge in [0.1, 0.15) is 5.82 Å². The fraction of sp³-hybridized carbons (Fsp3) is 0.263. The number of aryl methyl sites for hydroxylation is 1. The van der Waals surface area contributed by atoms with Gasteiger partial charge in [0.25, 0.3) is 0 Å². The zero-order valence-electron chi connectivity index (χ0n) is 14.9. The number of hydrogen-bond acceptors (Lipinski definition) is 5. The zero-order chi connectivity index (χ0) is 18.6. The molecule has 0 aliphatic rings. The van der Waals surface area contributed by atoms with Gasteiger partial charge in [0.2, 0.25) is 10.0 Å². The molecule has 3 rings (SSSR count). The highest BCUT2D eigenvalue weighted by molar-refractivity contribution is 7.89. The molecule has 0 unspecified atom stereocenters. The lowest BCUT2D eigenvalue weighted by molar-refractivity contribution is 0.584. The van der Waals surface area contributed by atoms with Crippen LogP contribution in [0.2, 0.25) is 0 Å². The summed E-state index contributed by atoms with van der Waals surface area (Å²) in [5, 5.41) is 4.13. The number of anilines is 1. The first-order chi connectivity index (χ1) is 12.5. The van der Waals surface area contributed by atoms with Crippen molar-refractivity contribution in [1.29, 1.82) is 0 Å². The fourth-order valence-corrected chi connectivity index (χ4v) is 3.15. The van der Waals surface area contributed by atoms with Crippen LogP contribution in [0, 0.1) is 6.92 Å². The summed E-state index contributed by atoms with van der Waals surface area (Å²) < 4.78 is 25.6. The van der Waals surface area contributed by atoms with Crippen LogP contribution in [0.15, 0.2) is 48.5 Å². The number of aromatic nitrogens is 2. The van der Waals surface area contributed by atoms with Crippen molar-refractivity contribution in [2.24, 2.45) is 0 Å². The van der Waals surface area contributed by atoms with Crippen LogP contribution in [0.5, 0.6) is 0 Å². The van der Waals surface area contributed by atoms with Gasteiger partial charge in [-0.15, -0.1) is 0 Å². The molecule has 0 saturated heterocycles. The molecule has 3 aromatic rings. The van der Waals surface area contributed by atoms with Gasteiger partial charge in [-0.1, -0.05) is 42.0 Å². The fourth-order valence-electron chi connectivity index (χ4n) is 2.53. The summed E-state index contributed by atoms with van der Waals surface area (Å²) in [5.74, 6) is 1.41. The van der Waals surface area contributed by atoms with E-state index in [1.807, 2.05) is 55.5 Å². The van der Waals surface area contributed by atoms with Gasteiger partial charge in [-0.3, -0.25) is 0 Å². The molecule has 0 saturated carbocycles. The minimum Gasteiger partial charge on any atom is -0.368 e. The first kappa shape index (κ1) is 18.3. The van der Waals surface area contributed by atoms with Crippen LogP contribution in [0.1, 0.15) is 12.5 Å². The Morgan fingerprint density at radius 3 is 2.42 bits per heavy atom. The molecule has 0 fully saturated rings. The van der Waals surface area contributed by atoms with E-state index in [9.17, 15) is 8.42 Å². The second kappa shape index (κ2) is 7.80. The van der Waals surface area contributed by atoms with Crippen LogP contribution in [0.4, 0.5) is 5.82 Å². The van der Waals surface area contributed by atoms with E-state index in [1.54, 1.807) is 6.92 Å². The SMILES string of the molecule is CCS(=O)(=O)NCCNc1nc(-c2ccc(C)cc2)nc2ccccc12. The van der Waals surface area contributed by atoms with Crippen LogP contribution in [0.25, 0.3) is 22.3 Å². The maximum atomic E-state index is 11.5. The number of sulfonamides is 1. The molecule has 0 atom stereocenters. The van der Waals surface area contributed by atoms with Crippen LogP contribution in [0.3, 0.4) is 0 Å². The molecular weight excluding hydrogens is 348 g/mol. The van der Waals surface area contributed by atoms with Gasteiger partial charge >= 0.3 is 0 Å². The van der Waals surface area contributed by atoms with Crippen molar-refractivity contribution < 1.29 is 8.42 Å². The number of nitrogens with zero attached hydrogens (tertiary/aromatic N) is 2.